The van der Waals surface area contributed by atoms with Crippen molar-refractivity contribution < 1.29 is 9.50 Å². The maximum Gasteiger partial charge on any atom is 0.225 e. The number of nitrogens with zero attached hydrogens (tertiary/aromatic N) is 4. The predicted molar refractivity (Wildman–Crippen MR) is 78.8 cm³/mol. The van der Waals surface area contributed by atoms with Crippen LogP contribution in [-0.4, -0.2) is 41.3 Å². The molecule has 0 bridgehead atoms. The fraction of sp³-hybridized carbons (Fsp3) is 0.333. The Morgan fingerprint density at radius 2 is 1.52 bits per heavy atom. The summed E-state index contributed by atoms with van der Waals surface area (Å²) in [5, 5.41) is 8.99. The second-order valence-corrected chi connectivity index (χ2v) is 5.00. The van der Waals surface area contributed by atoms with E-state index < -0.39 is 0 Å². The molecule has 6 heteroatoms. The largest absolute Gasteiger partial charge is 0.392 e. The van der Waals surface area contributed by atoms with Crippen molar-refractivity contribution in [2.24, 2.45) is 0 Å². The normalized spacial score (nSPS) is 15.3. The summed E-state index contributed by atoms with van der Waals surface area (Å²) in [6, 6.07) is 6.58. The molecule has 1 aromatic carbocycles. The summed E-state index contributed by atoms with van der Waals surface area (Å²) in [5.74, 6) is 0.473. The van der Waals surface area contributed by atoms with Crippen LogP contribution < -0.4 is 9.80 Å². The van der Waals surface area contributed by atoms with Gasteiger partial charge < -0.3 is 14.9 Å². The fourth-order valence-electron chi connectivity index (χ4n) is 2.41. The highest BCUT2D eigenvalue weighted by atomic mass is 19.1. The summed E-state index contributed by atoms with van der Waals surface area (Å²) in [6.07, 6.45) is 3.30. The van der Waals surface area contributed by atoms with Crippen molar-refractivity contribution in [3.63, 3.8) is 0 Å². The fourth-order valence-corrected chi connectivity index (χ4v) is 2.41. The van der Waals surface area contributed by atoms with E-state index >= 15 is 0 Å². The number of piperazine rings is 1. The molecule has 2 heterocycles. The number of hydrogen-bond donors (Lipinski definition) is 1. The Morgan fingerprint density at radius 3 is 2.10 bits per heavy atom. The molecule has 0 saturated carbocycles. The Kier molecular flexibility index (Phi) is 3.96. The van der Waals surface area contributed by atoms with Crippen LogP contribution >= 0.6 is 0 Å². The van der Waals surface area contributed by atoms with Gasteiger partial charge >= 0.3 is 0 Å². The van der Waals surface area contributed by atoms with E-state index in [2.05, 4.69) is 19.8 Å². The molecule has 1 aromatic heterocycles. The molecule has 1 aliphatic rings. The Hall–Kier alpha value is -2.21. The van der Waals surface area contributed by atoms with E-state index in [0.717, 1.165) is 31.9 Å². The first kappa shape index (κ1) is 13.8. The number of aliphatic hydroxyl groups excluding tert-OH is 1. The topological polar surface area (TPSA) is 52.5 Å². The van der Waals surface area contributed by atoms with E-state index in [-0.39, 0.29) is 12.4 Å². The number of rotatable bonds is 3. The van der Waals surface area contributed by atoms with Crippen LogP contribution in [0.1, 0.15) is 5.56 Å². The quantitative estimate of drug-likeness (QED) is 0.926. The molecule has 3 rings (SSSR count). The van der Waals surface area contributed by atoms with E-state index in [1.165, 1.54) is 12.1 Å². The van der Waals surface area contributed by atoms with Gasteiger partial charge in [0.1, 0.15) is 5.82 Å². The third-order valence-electron chi connectivity index (χ3n) is 3.63. The van der Waals surface area contributed by atoms with E-state index in [1.807, 2.05) is 0 Å². The van der Waals surface area contributed by atoms with Gasteiger partial charge in [0.05, 0.1) is 6.61 Å². The zero-order valence-electron chi connectivity index (χ0n) is 11.6. The summed E-state index contributed by atoms with van der Waals surface area (Å²) in [6.45, 7) is 3.28. The van der Waals surface area contributed by atoms with Crippen LogP contribution in [0.15, 0.2) is 36.7 Å². The summed E-state index contributed by atoms with van der Waals surface area (Å²) in [5.41, 5.74) is 1.75. The molecular weight excluding hydrogens is 271 g/mol. The monoisotopic (exact) mass is 288 g/mol. The lowest BCUT2D eigenvalue weighted by Gasteiger charge is -2.36. The molecule has 2 aromatic rings. The maximum atomic E-state index is 12.9. The van der Waals surface area contributed by atoms with Gasteiger partial charge in [-0.25, -0.2) is 14.4 Å². The van der Waals surface area contributed by atoms with Crippen LogP contribution in [0, 0.1) is 5.82 Å². The van der Waals surface area contributed by atoms with Gasteiger partial charge in [0.2, 0.25) is 5.95 Å². The van der Waals surface area contributed by atoms with Gasteiger partial charge in [-0.3, -0.25) is 0 Å². The lowest BCUT2D eigenvalue weighted by molar-refractivity contribution is 0.281. The second kappa shape index (κ2) is 6.05. The van der Waals surface area contributed by atoms with E-state index in [0.29, 0.717) is 11.5 Å². The predicted octanol–water partition coefficient (Wildman–Crippen LogP) is 1.43. The van der Waals surface area contributed by atoms with Crippen LogP contribution in [0.3, 0.4) is 0 Å². The smallest absolute Gasteiger partial charge is 0.225 e. The summed E-state index contributed by atoms with van der Waals surface area (Å²) in [4.78, 5) is 12.9. The number of benzene rings is 1. The standard InChI is InChI=1S/C15H17FN4O/c16-13-1-3-14(4-2-13)19-5-7-20(8-6-19)15-17-9-12(11-21)10-18-15/h1-4,9-10,21H,5-8,11H2. The zero-order valence-corrected chi connectivity index (χ0v) is 11.6. The minimum Gasteiger partial charge on any atom is -0.392 e. The van der Waals surface area contributed by atoms with Crippen LogP contribution in [0.2, 0.25) is 0 Å². The molecule has 0 spiro atoms. The number of anilines is 2. The maximum absolute atomic E-state index is 12.9. The Labute approximate surface area is 122 Å². The highest BCUT2D eigenvalue weighted by Crippen LogP contribution is 2.18. The van der Waals surface area contributed by atoms with Gasteiger partial charge in [-0.2, -0.15) is 0 Å². The SMILES string of the molecule is OCc1cnc(N2CCN(c3ccc(F)cc3)CC2)nc1. The lowest BCUT2D eigenvalue weighted by Crippen LogP contribution is -2.47. The third kappa shape index (κ3) is 3.11. The lowest BCUT2D eigenvalue weighted by atomic mass is 10.2. The Morgan fingerprint density at radius 1 is 0.952 bits per heavy atom. The molecule has 110 valence electrons. The minimum absolute atomic E-state index is 0.0430. The van der Waals surface area contributed by atoms with Crippen molar-refractivity contribution in [1.29, 1.82) is 0 Å². The molecule has 1 fully saturated rings. The van der Waals surface area contributed by atoms with Crippen LogP contribution in [0.5, 0.6) is 0 Å². The van der Waals surface area contributed by atoms with Crippen molar-refractivity contribution in [2.45, 2.75) is 6.61 Å². The summed E-state index contributed by atoms with van der Waals surface area (Å²) >= 11 is 0. The second-order valence-electron chi connectivity index (χ2n) is 5.00. The van der Waals surface area contributed by atoms with Gasteiger partial charge in [0.25, 0.3) is 0 Å². The molecule has 0 atom stereocenters. The Bertz CT molecular complexity index is 580. The van der Waals surface area contributed by atoms with Crippen molar-refractivity contribution in [3.8, 4) is 0 Å². The average Bonchev–Trinajstić information content (AvgIpc) is 2.56. The van der Waals surface area contributed by atoms with Crippen molar-refractivity contribution in [1.82, 2.24) is 9.97 Å². The number of halogens is 1. The molecule has 1 saturated heterocycles. The van der Waals surface area contributed by atoms with Crippen LogP contribution in [0.25, 0.3) is 0 Å². The number of aromatic nitrogens is 2. The minimum atomic E-state index is -0.213. The average molecular weight is 288 g/mol. The van der Waals surface area contributed by atoms with E-state index in [4.69, 9.17) is 5.11 Å². The molecule has 5 nitrogen and oxygen atoms in total. The van der Waals surface area contributed by atoms with E-state index in [9.17, 15) is 4.39 Å². The molecule has 1 N–H and O–H groups in total. The Balaban J connectivity index is 1.62. The molecule has 1 aliphatic heterocycles. The van der Waals surface area contributed by atoms with Gasteiger partial charge in [-0.05, 0) is 24.3 Å². The first-order valence-electron chi connectivity index (χ1n) is 6.93. The van der Waals surface area contributed by atoms with Gasteiger partial charge in [0, 0.05) is 49.8 Å². The number of aliphatic hydroxyl groups is 1. The molecule has 0 radical (unpaired) electrons. The first-order valence-corrected chi connectivity index (χ1v) is 6.93. The molecular formula is C15H17FN4O. The van der Waals surface area contributed by atoms with Crippen molar-refractivity contribution >= 4 is 11.6 Å². The van der Waals surface area contributed by atoms with Gasteiger partial charge in [0.15, 0.2) is 0 Å². The summed E-state index contributed by atoms with van der Waals surface area (Å²) < 4.78 is 12.9. The van der Waals surface area contributed by atoms with Crippen molar-refractivity contribution in [3.05, 3.63) is 48.0 Å². The zero-order chi connectivity index (χ0) is 14.7. The van der Waals surface area contributed by atoms with Crippen LogP contribution in [0.4, 0.5) is 16.0 Å². The molecule has 21 heavy (non-hydrogen) atoms. The highest BCUT2D eigenvalue weighted by molar-refractivity contribution is 5.48. The third-order valence-corrected chi connectivity index (χ3v) is 3.63. The van der Waals surface area contributed by atoms with E-state index in [1.54, 1.807) is 24.5 Å². The highest BCUT2D eigenvalue weighted by Gasteiger charge is 2.19. The van der Waals surface area contributed by atoms with Crippen LogP contribution in [-0.2, 0) is 6.61 Å². The van der Waals surface area contributed by atoms with Gasteiger partial charge in [-0.1, -0.05) is 0 Å². The molecule has 0 unspecified atom stereocenters. The molecule has 0 amide bonds. The first-order chi connectivity index (χ1) is 10.3. The molecule has 0 aliphatic carbocycles. The van der Waals surface area contributed by atoms with Gasteiger partial charge in [-0.15, -0.1) is 0 Å². The number of hydrogen-bond acceptors (Lipinski definition) is 5. The summed E-state index contributed by atoms with van der Waals surface area (Å²) in [7, 11) is 0. The van der Waals surface area contributed by atoms with Crippen molar-refractivity contribution in [2.75, 3.05) is 36.0 Å².